The monoisotopic (exact) mass is 683 g/mol. The second-order valence-electron chi connectivity index (χ2n) is 12.8. The molecule has 53 heavy (non-hydrogen) atoms. The van der Waals surface area contributed by atoms with Crippen molar-refractivity contribution in [1.82, 2.24) is 19.5 Å². The number of ether oxygens (including phenoxy) is 1. The molecule has 0 amide bonds. The third kappa shape index (κ3) is 6.23. The van der Waals surface area contributed by atoms with E-state index < -0.39 is 0 Å². The van der Waals surface area contributed by atoms with Gasteiger partial charge in [-0.2, -0.15) is 0 Å². The van der Waals surface area contributed by atoms with E-state index in [2.05, 4.69) is 72.2 Å². The summed E-state index contributed by atoms with van der Waals surface area (Å²) in [5.41, 5.74) is 8.37. The molecule has 0 spiro atoms. The molecular formula is C47H33N5O. The Hall–Kier alpha value is -7.18. The first kappa shape index (κ1) is 31.8. The molecule has 252 valence electrons. The molecular weight excluding hydrogens is 651 g/mol. The minimum atomic E-state index is 0.519. The number of para-hydroxylation sites is 2. The maximum absolute atomic E-state index is 6.98. The standard InChI is InChI=1S/C47H33N5O/c1-32-29-30-40-39-27-14-15-28-41(39)52(42(40)43(32)53-47(35-21-10-4-11-22-35)48-37-24-12-5-13-25-37)38-26-16-23-36(31-38)46-50-44(33-17-6-2-7-18-33)49-45(51-46)34-19-8-3-9-20-34/h2-31H,1H3. The van der Waals surface area contributed by atoms with Gasteiger partial charge in [0.2, 0.25) is 5.90 Å². The molecule has 0 fully saturated rings. The highest BCUT2D eigenvalue weighted by Crippen LogP contribution is 2.40. The Balaban J connectivity index is 1.24. The van der Waals surface area contributed by atoms with E-state index >= 15 is 0 Å². The molecule has 0 N–H and O–H groups in total. The summed E-state index contributed by atoms with van der Waals surface area (Å²) < 4.78 is 9.26. The van der Waals surface area contributed by atoms with Crippen LogP contribution in [0.1, 0.15) is 11.1 Å². The van der Waals surface area contributed by atoms with E-state index in [-0.39, 0.29) is 0 Å². The average molecular weight is 684 g/mol. The lowest BCUT2D eigenvalue weighted by Crippen LogP contribution is -2.12. The minimum Gasteiger partial charge on any atom is -0.436 e. The lowest BCUT2D eigenvalue weighted by molar-refractivity contribution is 0.552. The van der Waals surface area contributed by atoms with Crippen LogP contribution in [0.15, 0.2) is 187 Å². The number of nitrogens with zero attached hydrogens (tertiary/aromatic N) is 5. The first-order valence-corrected chi connectivity index (χ1v) is 17.6. The number of hydrogen-bond acceptors (Lipinski definition) is 5. The third-order valence-electron chi connectivity index (χ3n) is 9.26. The zero-order valence-electron chi connectivity index (χ0n) is 29.0. The van der Waals surface area contributed by atoms with Crippen molar-refractivity contribution in [3.05, 3.63) is 193 Å². The minimum absolute atomic E-state index is 0.519. The Morgan fingerprint density at radius 3 is 1.72 bits per heavy atom. The lowest BCUT2D eigenvalue weighted by Gasteiger charge is -2.16. The Labute approximate surface area is 307 Å². The second-order valence-corrected chi connectivity index (χ2v) is 12.8. The quantitative estimate of drug-likeness (QED) is 0.124. The number of fused-ring (bicyclic) bond motifs is 3. The summed E-state index contributed by atoms with van der Waals surface area (Å²) in [4.78, 5) is 20.0. The Kier molecular flexibility index (Phi) is 8.31. The van der Waals surface area contributed by atoms with Crippen LogP contribution in [0.25, 0.3) is 61.7 Å². The van der Waals surface area contributed by atoms with E-state index in [0.717, 1.165) is 66.7 Å². The van der Waals surface area contributed by atoms with Gasteiger partial charge in [0.25, 0.3) is 0 Å². The first-order chi connectivity index (χ1) is 26.2. The topological polar surface area (TPSA) is 65.2 Å². The summed E-state index contributed by atoms with van der Waals surface area (Å²) in [7, 11) is 0. The zero-order valence-corrected chi connectivity index (χ0v) is 29.0. The fraction of sp³-hybridized carbons (Fsp3) is 0.0213. The van der Waals surface area contributed by atoms with Crippen molar-refractivity contribution in [1.29, 1.82) is 0 Å². The Bertz CT molecular complexity index is 2690. The van der Waals surface area contributed by atoms with Gasteiger partial charge in [-0.25, -0.2) is 19.9 Å². The number of rotatable bonds is 7. The van der Waals surface area contributed by atoms with Crippen molar-refractivity contribution in [2.24, 2.45) is 4.99 Å². The van der Waals surface area contributed by atoms with Crippen LogP contribution in [0, 0.1) is 6.92 Å². The highest BCUT2D eigenvalue weighted by atomic mass is 16.5. The number of hydrogen-bond donors (Lipinski definition) is 0. The molecule has 2 aromatic heterocycles. The molecule has 9 aromatic rings. The van der Waals surface area contributed by atoms with Crippen LogP contribution in [0.4, 0.5) is 5.69 Å². The normalized spacial score (nSPS) is 11.6. The number of benzene rings is 7. The summed E-state index contributed by atoms with van der Waals surface area (Å²) in [5, 5.41) is 2.20. The smallest absolute Gasteiger partial charge is 0.227 e. The van der Waals surface area contributed by atoms with Crippen LogP contribution in [-0.4, -0.2) is 25.4 Å². The summed E-state index contributed by atoms with van der Waals surface area (Å²) in [6.07, 6.45) is 0. The fourth-order valence-electron chi connectivity index (χ4n) is 6.69. The van der Waals surface area contributed by atoms with Crippen molar-refractivity contribution in [3.63, 3.8) is 0 Å². The largest absolute Gasteiger partial charge is 0.436 e. The van der Waals surface area contributed by atoms with Gasteiger partial charge in [-0.1, -0.05) is 140 Å². The highest BCUT2D eigenvalue weighted by Gasteiger charge is 2.21. The lowest BCUT2D eigenvalue weighted by atomic mass is 10.1. The summed E-state index contributed by atoms with van der Waals surface area (Å²) in [6.45, 7) is 2.08. The fourth-order valence-corrected chi connectivity index (χ4v) is 6.69. The predicted molar refractivity (Wildman–Crippen MR) is 215 cm³/mol. The maximum Gasteiger partial charge on any atom is 0.227 e. The number of aliphatic imine (C=N–C) groups is 1. The van der Waals surface area contributed by atoms with Crippen LogP contribution in [0.5, 0.6) is 5.75 Å². The van der Waals surface area contributed by atoms with Gasteiger partial charge < -0.3 is 9.30 Å². The zero-order chi connectivity index (χ0) is 35.6. The molecule has 0 unspecified atom stereocenters. The SMILES string of the molecule is Cc1ccc2c3ccccc3n(-c3cccc(-c4nc(-c5ccccc5)nc(-c5ccccc5)n4)c3)c2c1OC(=Nc1ccccc1)c1ccccc1. The van der Waals surface area contributed by atoms with Gasteiger partial charge in [-0.3, -0.25) is 0 Å². The molecule has 0 atom stereocenters. The van der Waals surface area contributed by atoms with Gasteiger partial charge in [0.15, 0.2) is 23.2 Å². The number of aromatic nitrogens is 4. The van der Waals surface area contributed by atoms with E-state index in [1.165, 1.54) is 0 Å². The summed E-state index contributed by atoms with van der Waals surface area (Å²) in [5.74, 6) is 3.09. The molecule has 9 rings (SSSR count). The van der Waals surface area contributed by atoms with Crippen molar-refractivity contribution in [2.75, 3.05) is 0 Å². The van der Waals surface area contributed by atoms with Gasteiger partial charge in [-0.15, -0.1) is 0 Å². The van der Waals surface area contributed by atoms with Gasteiger partial charge >= 0.3 is 0 Å². The van der Waals surface area contributed by atoms with Crippen molar-refractivity contribution in [2.45, 2.75) is 6.92 Å². The van der Waals surface area contributed by atoms with E-state index in [1.807, 2.05) is 121 Å². The van der Waals surface area contributed by atoms with E-state index in [1.54, 1.807) is 0 Å². The molecule has 6 nitrogen and oxygen atoms in total. The summed E-state index contributed by atoms with van der Waals surface area (Å²) >= 11 is 0. The molecule has 6 heteroatoms. The van der Waals surface area contributed by atoms with Gasteiger partial charge in [0.05, 0.1) is 16.7 Å². The van der Waals surface area contributed by atoms with E-state index in [0.29, 0.717) is 23.4 Å². The Morgan fingerprint density at radius 1 is 0.509 bits per heavy atom. The number of aryl methyl sites for hydroxylation is 1. The van der Waals surface area contributed by atoms with Gasteiger partial charge in [-0.05, 0) is 55.0 Å². The van der Waals surface area contributed by atoms with Crippen molar-refractivity contribution < 1.29 is 4.74 Å². The van der Waals surface area contributed by atoms with E-state index in [4.69, 9.17) is 24.7 Å². The molecule has 0 saturated carbocycles. The third-order valence-corrected chi connectivity index (χ3v) is 9.26. The van der Waals surface area contributed by atoms with Crippen molar-refractivity contribution in [3.8, 4) is 45.6 Å². The van der Waals surface area contributed by atoms with Crippen molar-refractivity contribution >= 4 is 33.4 Å². The maximum atomic E-state index is 6.98. The van der Waals surface area contributed by atoms with Crippen LogP contribution in [0.2, 0.25) is 0 Å². The first-order valence-electron chi connectivity index (χ1n) is 17.6. The molecule has 0 aliphatic rings. The highest BCUT2D eigenvalue weighted by molar-refractivity contribution is 6.12. The molecule has 0 aliphatic carbocycles. The Morgan fingerprint density at radius 2 is 1.06 bits per heavy atom. The van der Waals surface area contributed by atoms with Crippen LogP contribution >= 0.6 is 0 Å². The molecule has 0 saturated heterocycles. The molecule has 0 radical (unpaired) electrons. The summed E-state index contributed by atoms with van der Waals surface area (Å²) in [6, 6.07) is 61.2. The molecule has 2 heterocycles. The van der Waals surface area contributed by atoms with Gasteiger partial charge in [0.1, 0.15) is 0 Å². The van der Waals surface area contributed by atoms with Crippen LogP contribution in [-0.2, 0) is 0 Å². The predicted octanol–water partition coefficient (Wildman–Crippen LogP) is 11.4. The van der Waals surface area contributed by atoms with Crippen LogP contribution < -0.4 is 4.74 Å². The molecule has 0 bridgehead atoms. The molecule has 0 aliphatic heterocycles. The average Bonchev–Trinajstić information content (AvgIpc) is 3.57. The van der Waals surface area contributed by atoms with Crippen LogP contribution in [0.3, 0.4) is 0 Å². The van der Waals surface area contributed by atoms with E-state index in [9.17, 15) is 0 Å². The molecule has 7 aromatic carbocycles. The van der Waals surface area contributed by atoms with Gasteiger partial charge in [0, 0.05) is 38.7 Å². The second kappa shape index (κ2) is 13.9.